The number of nitrogens with two attached hydrogens (primary N) is 2. The molecule has 0 bridgehead atoms. The van der Waals surface area contributed by atoms with Crippen molar-refractivity contribution >= 4 is 65.0 Å². The Balaban J connectivity index is 5.79. The molecule has 0 aliphatic carbocycles. The zero-order valence-corrected chi connectivity index (χ0v) is 35.8. The van der Waals surface area contributed by atoms with Gasteiger partial charge in [-0.15, -0.1) is 0 Å². The number of hydrogen-bond acceptors (Lipinski definition) is 13. The van der Waals surface area contributed by atoms with Crippen molar-refractivity contribution in [2.75, 3.05) is 13.2 Å². The van der Waals surface area contributed by atoms with E-state index in [1.165, 1.54) is 6.92 Å². The molecule has 0 unspecified atom stereocenters. The second-order valence-electron chi connectivity index (χ2n) is 15.6. The molecule has 0 aromatic rings. The van der Waals surface area contributed by atoms with Gasteiger partial charge in [-0.05, 0) is 43.9 Å². The molecule has 0 heterocycles. The number of carbonyl (C=O) groups is 11. The molecule has 346 valence electrons. The predicted molar refractivity (Wildman–Crippen MR) is 215 cm³/mol. The number of nitrogens with one attached hydrogen (secondary N) is 8. The summed E-state index contributed by atoms with van der Waals surface area (Å²) < 4.78 is 0. The van der Waals surface area contributed by atoms with Crippen molar-refractivity contribution in [3.8, 4) is 0 Å². The molecule has 0 radical (unpaired) electrons. The lowest BCUT2D eigenvalue weighted by Crippen LogP contribution is -2.61. The van der Waals surface area contributed by atoms with Crippen LogP contribution < -0.4 is 54.0 Å². The minimum atomic E-state index is -1.68. The number of carboxylic acids is 1. The lowest BCUT2D eigenvalue weighted by molar-refractivity contribution is -0.139. The van der Waals surface area contributed by atoms with Gasteiger partial charge in [0.1, 0.15) is 42.3 Å². The summed E-state index contributed by atoms with van der Waals surface area (Å²) in [5.41, 5.74) is 10.6. The molecule has 61 heavy (non-hydrogen) atoms. The van der Waals surface area contributed by atoms with E-state index in [4.69, 9.17) is 16.6 Å². The van der Waals surface area contributed by atoms with Gasteiger partial charge in [0.15, 0.2) is 0 Å². The van der Waals surface area contributed by atoms with Gasteiger partial charge in [-0.1, -0.05) is 41.5 Å². The fraction of sp³-hybridized carbons (Fsp3) is 0.703. The minimum Gasteiger partial charge on any atom is -0.481 e. The summed E-state index contributed by atoms with van der Waals surface area (Å²) in [7, 11) is 0. The summed E-state index contributed by atoms with van der Waals surface area (Å²) in [6, 6.07) is -9.95. The van der Waals surface area contributed by atoms with E-state index < -0.39 is 145 Å². The highest BCUT2D eigenvalue weighted by Gasteiger charge is 2.35. The molecule has 0 saturated heterocycles. The topological polar surface area (TPSA) is 397 Å². The van der Waals surface area contributed by atoms with E-state index in [1.54, 1.807) is 41.5 Å². The normalized spacial score (nSPS) is 15.0. The van der Waals surface area contributed by atoms with Crippen molar-refractivity contribution in [2.24, 2.45) is 29.2 Å². The van der Waals surface area contributed by atoms with E-state index in [0.29, 0.717) is 0 Å². The van der Waals surface area contributed by atoms with E-state index in [2.05, 4.69) is 42.5 Å². The van der Waals surface area contributed by atoms with Crippen LogP contribution in [0.25, 0.3) is 0 Å². The van der Waals surface area contributed by atoms with Crippen LogP contribution in [0.15, 0.2) is 0 Å². The molecule has 10 amide bonds. The van der Waals surface area contributed by atoms with Crippen LogP contribution in [0.3, 0.4) is 0 Å². The summed E-state index contributed by atoms with van der Waals surface area (Å²) in [4.78, 5) is 138. The Kier molecular flexibility index (Phi) is 24.4. The van der Waals surface area contributed by atoms with Crippen molar-refractivity contribution < 1.29 is 68.1 Å². The van der Waals surface area contributed by atoms with Crippen LogP contribution in [0, 0.1) is 17.8 Å². The van der Waals surface area contributed by atoms with Crippen LogP contribution in [0.5, 0.6) is 0 Å². The van der Waals surface area contributed by atoms with E-state index in [-0.39, 0.29) is 31.6 Å². The number of aliphatic carboxylic acids is 1. The average molecular weight is 873 g/mol. The largest absolute Gasteiger partial charge is 0.481 e. The smallest absolute Gasteiger partial charge is 0.303 e. The van der Waals surface area contributed by atoms with E-state index in [0.717, 1.165) is 6.92 Å². The first kappa shape index (κ1) is 55.1. The van der Waals surface area contributed by atoms with Crippen molar-refractivity contribution in [3.63, 3.8) is 0 Å². The van der Waals surface area contributed by atoms with Gasteiger partial charge in [0.05, 0.1) is 19.3 Å². The Morgan fingerprint density at radius 3 is 1.44 bits per heavy atom. The number of aliphatic hydroxyl groups is 2. The summed E-state index contributed by atoms with van der Waals surface area (Å²) in [6.07, 6.45) is -2.86. The fourth-order valence-electron chi connectivity index (χ4n) is 5.53. The minimum absolute atomic E-state index is 0.0589. The van der Waals surface area contributed by atoms with Gasteiger partial charge in [-0.2, -0.15) is 0 Å². The predicted octanol–water partition coefficient (Wildman–Crippen LogP) is -5.14. The summed E-state index contributed by atoms with van der Waals surface area (Å²) in [6.45, 7) is 10.3. The van der Waals surface area contributed by atoms with Gasteiger partial charge in [0.25, 0.3) is 0 Å². The number of aliphatic hydroxyl groups excluding tert-OH is 2. The molecule has 0 aliphatic heterocycles. The maximum absolute atomic E-state index is 13.3. The molecular weight excluding hydrogens is 808 g/mol. The van der Waals surface area contributed by atoms with Crippen molar-refractivity contribution in [3.05, 3.63) is 0 Å². The molecular formula is C37H64N10O14. The zero-order valence-electron chi connectivity index (χ0n) is 35.8. The first-order valence-corrected chi connectivity index (χ1v) is 19.7. The van der Waals surface area contributed by atoms with Crippen LogP contribution in [-0.2, 0) is 52.7 Å². The number of rotatable bonds is 28. The van der Waals surface area contributed by atoms with Gasteiger partial charge in [0, 0.05) is 19.8 Å². The molecule has 24 heteroatoms. The molecule has 0 rings (SSSR count). The Labute approximate surface area is 353 Å². The first-order valence-electron chi connectivity index (χ1n) is 19.7. The van der Waals surface area contributed by atoms with Crippen LogP contribution in [0.1, 0.15) is 87.5 Å². The summed E-state index contributed by atoms with van der Waals surface area (Å²) in [5.74, 6) is -11.5. The monoisotopic (exact) mass is 872 g/mol. The van der Waals surface area contributed by atoms with Gasteiger partial charge < -0.3 is 69.3 Å². The van der Waals surface area contributed by atoms with Crippen LogP contribution in [0.4, 0.5) is 0 Å². The summed E-state index contributed by atoms with van der Waals surface area (Å²) in [5, 5.41) is 48.0. The molecule has 0 fully saturated rings. The van der Waals surface area contributed by atoms with Crippen molar-refractivity contribution in [1.82, 2.24) is 42.5 Å². The second kappa shape index (κ2) is 27.0. The number of carboxylic acid groups (broad SMARTS) is 1. The lowest BCUT2D eigenvalue weighted by Gasteiger charge is -2.28. The molecule has 0 aromatic carbocycles. The molecule has 0 spiro atoms. The highest BCUT2D eigenvalue weighted by Crippen LogP contribution is 2.09. The SMILES string of the molecule is CC(=O)N[C@@H](CCC(=O)O)C(=O)N[C@H](C(=O)N[C@H](C(=O)NCC(=O)N[C@H](C(=O)N[C@@H](CO)C(=O)N[C@@H](CCC(N)=O)C(=O)N[C@@H](CC(C)C)C(N)=O)C(C)C)C(C)C)[C@@H](C)O. The first-order chi connectivity index (χ1) is 28.2. The second-order valence-corrected chi connectivity index (χ2v) is 15.6. The van der Waals surface area contributed by atoms with E-state index in [1.807, 2.05) is 0 Å². The van der Waals surface area contributed by atoms with Crippen molar-refractivity contribution in [1.29, 1.82) is 0 Å². The molecule has 0 aromatic heterocycles. The number of hydrogen-bond donors (Lipinski definition) is 13. The van der Waals surface area contributed by atoms with Crippen molar-refractivity contribution in [2.45, 2.75) is 136 Å². The average Bonchev–Trinajstić information content (AvgIpc) is 3.14. The quantitative estimate of drug-likeness (QED) is 0.0350. The molecule has 24 nitrogen and oxygen atoms in total. The number of primary amides is 2. The Morgan fingerprint density at radius 2 is 0.984 bits per heavy atom. The molecule has 0 saturated carbocycles. The highest BCUT2D eigenvalue weighted by molar-refractivity contribution is 5.97. The molecule has 15 N–H and O–H groups in total. The van der Waals surface area contributed by atoms with E-state index in [9.17, 15) is 63.0 Å². The van der Waals surface area contributed by atoms with Gasteiger partial charge in [0.2, 0.25) is 59.1 Å². The Morgan fingerprint density at radius 1 is 0.541 bits per heavy atom. The zero-order chi connectivity index (χ0) is 47.3. The molecule has 8 atom stereocenters. The van der Waals surface area contributed by atoms with Gasteiger partial charge in [-0.3, -0.25) is 52.7 Å². The van der Waals surface area contributed by atoms with E-state index >= 15 is 0 Å². The Hall–Kier alpha value is -5.91. The lowest BCUT2D eigenvalue weighted by atomic mass is 10.0. The van der Waals surface area contributed by atoms with Crippen LogP contribution in [-0.4, -0.2) is 142 Å². The fourth-order valence-corrected chi connectivity index (χ4v) is 5.53. The highest BCUT2D eigenvalue weighted by atomic mass is 16.4. The van der Waals surface area contributed by atoms with Gasteiger partial charge >= 0.3 is 5.97 Å². The third-order valence-electron chi connectivity index (χ3n) is 8.83. The standard InChI is InChI=1S/C37H64N10O14/c1-16(2)13-23(31(39)55)43-32(56)22(9-11-25(38)51)42-34(58)24(15-48)44-36(60)29(18(5)6)45-26(52)14-40-35(59)28(17(3)4)46-37(61)30(19(7)49)47-33(57)21(41-20(8)50)10-12-27(53)54/h16-19,21-24,28-30,48-49H,9-15H2,1-8H3,(H2,38,51)(H2,39,55)(H,40,59)(H,41,50)(H,42,58)(H,43,56)(H,44,60)(H,45,52)(H,46,61)(H,47,57)(H,53,54)/t19-,21+,22+,23+,24+,28+,29+,30+/m1/s1. The third kappa shape index (κ3) is 21.3. The van der Waals surface area contributed by atoms with Crippen LogP contribution >= 0.6 is 0 Å². The van der Waals surface area contributed by atoms with Crippen LogP contribution in [0.2, 0.25) is 0 Å². The summed E-state index contributed by atoms with van der Waals surface area (Å²) >= 11 is 0. The Bertz CT molecular complexity index is 1590. The molecule has 0 aliphatic rings. The maximum Gasteiger partial charge on any atom is 0.303 e. The van der Waals surface area contributed by atoms with Gasteiger partial charge in [-0.25, -0.2) is 0 Å². The number of carbonyl (C=O) groups excluding carboxylic acids is 10. The number of amides is 10. The third-order valence-corrected chi connectivity index (χ3v) is 8.83. The maximum atomic E-state index is 13.3.